The number of hydrogen-bond donors (Lipinski definition) is 0. The molecule has 198 valence electrons. The van der Waals surface area contributed by atoms with Gasteiger partial charge < -0.3 is 9.30 Å². The van der Waals surface area contributed by atoms with Crippen molar-refractivity contribution in [2.24, 2.45) is 5.92 Å². The highest BCUT2D eigenvalue weighted by molar-refractivity contribution is 5.77. The molecule has 0 unspecified atom stereocenters. The SMILES string of the molecule is CC(=O)OCc1nc2cc(CN3CCN(C(c4ccccc4)c4ccccc4)CC3)ccc2n1CC(C)C. The molecule has 0 aliphatic carbocycles. The Kier molecular flexibility index (Phi) is 8.20. The van der Waals surface area contributed by atoms with Crippen LogP contribution in [0.1, 0.15) is 49.3 Å². The average molecular weight is 511 g/mol. The van der Waals surface area contributed by atoms with Crippen LogP contribution in [0.2, 0.25) is 0 Å². The van der Waals surface area contributed by atoms with E-state index < -0.39 is 0 Å². The number of carbonyl (C=O) groups is 1. The van der Waals surface area contributed by atoms with Gasteiger partial charge in [-0.05, 0) is 34.7 Å². The van der Waals surface area contributed by atoms with Gasteiger partial charge in [-0.15, -0.1) is 0 Å². The largest absolute Gasteiger partial charge is 0.458 e. The molecule has 4 aromatic rings. The number of carbonyl (C=O) groups excluding carboxylic acids is 1. The van der Waals surface area contributed by atoms with Gasteiger partial charge in [-0.25, -0.2) is 4.98 Å². The Morgan fingerprint density at radius 2 is 1.53 bits per heavy atom. The molecule has 0 atom stereocenters. The second kappa shape index (κ2) is 11.9. The molecule has 0 N–H and O–H groups in total. The summed E-state index contributed by atoms with van der Waals surface area (Å²) < 4.78 is 7.48. The maximum Gasteiger partial charge on any atom is 0.303 e. The van der Waals surface area contributed by atoms with Gasteiger partial charge in [0.25, 0.3) is 0 Å². The predicted octanol–water partition coefficient (Wildman–Crippen LogP) is 5.66. The standard InChI is InChI=1S/C32H38N4O2/c1-24(2)21-36-30-15-14-26(20-29(30)33-31(36)23-38-25(3)37)22-34-16-18-35(19-17-34)32(27-10-6-4-7-11-27)28-12-8-5-9-13-28/h4-15,20,24,32H,16-19,21-23H2,1-3H3. The molecular weight excluding hydrogens is 472 g/mol. The number of aromatic nitrogens is 2. The first-order chi connectivity index (χ1) is 18.5. The Morgan fingerprint density at radius 3 is 2.11 bits per heavy atom. The smallest absolute Gasteiger partial charge is 0.303 e. The van der Waals surface area contributed by atoms with Crippen LogP contribution in [0.4, 0.5) is 0 Å². The van der Waals surface area contributed by atoms with Crippen LogP contribution in [0.5, 0.6) is 0 Å². The van der Waals surface area contributed by atoms with E-state index in [0.29, 0.717) is 5.92 Å². The molecular formula is C32H38N4O2. The van der Waals surface area contributed by atoms with Crippen LogP contribution in [0.3, 0.4) is 0 Å². The highest BCUT2D eigenvalue weighted by atomic mass is 16.5. The number of hydrogen-bond acceptors (Lipinski definition) is 5. The molecule has 5 rings (SSSR count). The van der Waals surface area contributed by atoms with Crippen LogP contribution < -0.4 is 0 Å². The summed E-state index contributed by atoms with van der Waals surface area (Å²) in [6, 6.07) is 28.6. The monoisotopic (exact) mass is 510 g/mol. The molecule has 0 bridgehead atoms. The van der Waals surface area contributed by atoms with Crippen molar-refractivity contribution in [3.8, 4) is 0 Å². The Bertz CT molecular complexity index is 1300. The molecule has 1 aliphatic rings. The molecule has 6 heteroatoms. The molecule has 2 heterocycles. The fourth-order valence-electron chi connectivity index (χ4n) is 5.49. The number of imidazole rings is 1. The van der Waals surface area contributed by atoms with Crippen molar-refractivity contribution in [3.05, 3.63) is 101 Å². The highest BCUT2D eigenvalue weighted by Crippen LogP contribution is 2.30. The molecule has 0 spiro atoms. The van der Waals surface area contributed by atoms with Gasteiger partial charge in [-0.3, -0.25) is 14.6 Å². The van der Waals surface area contributed by atoms with E-state index in [1.807, 2.05) is 0 Å². The molecule has 1 saturated heterocycles. The van der Waals surface area contributed by atoms with Crippen LogP contribution in [-0.2, 0) is 29.2 Å². The van der Waals surface area contributed by atoms with E-state index in [4.69, 9.17) is 9.72 Å². The van der Waals surface area contributed by atoms with E-state index in [2.05, 4.69) is 107 Å². The van der Waals surface area contributed by atoms with Gasteiger partial charge in [0, 0.05) is 46.2 Å². The second-order valence-corrected chi connectivity index (χ2v) is 10.7. The summed E-state index contributed by atoms with van der Waals surface area (Å²) >= 11 is 0. The molecule has 6 nitrogen and oxygen atoms in total. The number of benzene rings is 3. The van der Waals surface area contributed by atoms with E-state index in [9.17, 15) is 4.79 Å². The van der Waals surface area contributed by atoms with E-state index >= 15 is 0 Å². The zero-order chi connectivity index (χ0) is 26.5. The van der Waals surface area contributed by atoms with Crippen molar-refractivity contribution in [1.82, 2.24) is 19.4 Å². The molecule has 0 amide bonds. The van der Waals surface area contributed by atoms with Crippen molar-refractivity contribution in [3.63, 3.8) is 0 Å². The lowest BCUT2D eigenvalue weighted by molar-refractivity contribution is -0.142. The number of ether oxygens (including phenoxy) is 1. The van der Waals surface area contributed by atoms with Crippen LogP contribution in [0, 0.1) is 5.92 Å². The summed E-state index contributed by atoms with van der Waals surface area (Å²) in [5.41, 5.74) is 6.03. The number of esters is 1. The van der Waals surface area contributed by atoms with Crippen molar-refractivity contribution in [2.45, 2.75) is 46.5 Å². The molecule has 0 radical (unpaired) electrons. The third kappa shape index (κ3) is 6.14. The van der Waals surface area contributed by atoms with E-state index in [-0.39, 0.29) is 18.6 Å². The molecule has 1 aromatic heterocycles. The third-order valence-corrected chi connectivity index (χ3v) is 7.25. The number of nitrogens with zero attached hydrogens (tertiary/aromatic N) is 4. The summed E-state index contributed by atoms with van der Waals surface area (Å²) in [7, 11) is 0. The Hall–Kier alpha value is -3.48. The highest BCUT2D eigenvalue weighted by Gasteiger charge is 2.26. The quantitative estimate of drug-likeness (QED) is 0.272. The number of rotatable bonds is 9. The lowest BCUT2D eigenvalue weighted by Gasteiger charge is -2.39. The van der Waals surface area contributed by atoms with Crippen molar-refractivity contribution in [1.29, 1.82) is 0 Å². The maximum absolute atomic E-state index is 11.4. The summed E-state index contributed by atoms with van der Waals surface area (Å²) in [4.78, 5) is 21.4. The van der Waals surface area contributed by atoms with Crippen LogP contribution in [0.15, 0.2) is 78.9 Å². The Labute approximate surface area is 225 Å². The minimum atomic E-state index is -0.283. The summed E-state index contributed by atoms with van der Waals surface area (Å²) in [5.74, 6) is 0.993. The lowest BCUT2D eigenvalue weighted by atomic mass is 9.96. The van der Waals surface area contributed by atoms with Gasteiger partial charge in [0.2, 0.25) is 0 Å². The third-order valence-electron chi connectivity index (χ3n) is 7.25. The molecule has 0 saturated carbocycles. The minimum absolute atomic E-state index is 0.206. The van der Waals surface area contributed by atoms with Crippen LogP contribution >= 0.6 is 0 Å². The Morgan fingerprint density at radius 1 is 0.895 bits per heavy atom. The van der Waals surface area contributed by atoms with Crippen molar-refractivity contribution < 1.29 is 9.53 Å². The van der Waals surface area contributed by atoms with E-state index in [0.717, 1.165) is 56.1 Å². The minimum Gasteiger partial charge on any atom is -0.458 e. The molecule has 3 aromatic carbocycles. The maximum atomic E-state index is 11.4. The lowest BCUT2D eigenvalue weighted by Crippen LogP contribution is -2.47. The molecule has 1 aliphatic heterocycles. The summed E-state index contributed by atoms with van der Waals surface area (Å²) in [5, 5.41) is 0. The van der Waals surface area contributed by atoms with Gasteiger partial charge in [0.15, 0.2) is 0 Å². The molecule has 38 heavy (non-hydrogen) atoms. The molecule has 1 fully saturated rings. The van der Waals surface area contributed by atoms with E-state index in [1.165, 1.54) is 23.6 Å². The fourth-order valence-corrected chi connectivity index (χ4v) is 5.49. The zero-order valence-corrected chi connectivity index (χ0v) is 22.7. The summed E-state index contributed by atoms with van der Waals surface area (Å²) in [6.45, 7) is 11.9. The van der Waals surface area contributed by atoms with Gasteiger partial charge in [0.05, 0.1) is 17.1 Å². The van der Waals surface area contributed by atoms with Crippen molar-refractivity contribution in [2.75, 3.05) is 26.2 Å². The first-order valence-corrected chi connectivity index (χ1v) is 13.7. The first-order valence-electron chi connectivity index (χ1n) is 13.7. The van der Waals surface area contributed by atoms with Crippen LogP contribution in [-0.4, -0.2) is 51.5 Å². The fraction of sp³-hybridized carbons (Fsp3) is 0.375. The Balaban J connectivity index is 1.29. The predicted molar refractivity (Wildman–Crippen MR) is 152 cm³/mol. The van der Waals surface area contributed by atoms with Gasteiger partial charge in [0.1, 0.15) is 12.4 Å². The van der Waals surface area contributed by atoms with E-state index in [1.54, 1.807) is 0 Å². The van der Waals surface area contributed by atoms with Gasteiger partial charge >= 0.3 is 5.97 Å². The zero-order valence-electron chi connectivity index (χ0n) is 22.7. The number of piperazine rings is 1. The second-order valence-electron chi connectivity index (χ2n) is 10.7. The first kappa shape index (κ1) is 26.1. The van der Waals surface area contributed by atoms with Gasteiger partial charge in [-0.1, -0.05) is 80.6 Å². The van der Waals surface area contributed by atoms with Crippen molar-refractivity contribution >= 4 is 17.0 Å². The van der Waals surface area contributed by atoms with Crippen LogP contribution in [0.25, 0.3) is 11.0 Å². The number of fused-ring (bicyclic) bond motifs is 1. The topological polar surface area (TPSA) is 50.6 Å². The average Bonchev–Trinajstić information content (AvgIpc) is 3.25. The van der Waals surface area contributed by atoms with Gasteiger partial charge in [-0.2, -0.15) is 0 Å². The normalized spacial score (nSPS) is 15.0. The summed E-state index contributed by atoms with van der Waals surface area (Å²) in [6.07, 6.45) is 0.